The van der Waals surface area contributed by atoms with Crippen LogP contribution in [-0.4, -0.2) is 28.9 Å². The van der Waals surface area contributed by atoms with Crippen molar-refractivity contribution < 1.29 is 24.2 Å². The summed E-state index contributed by atoms with van der Waals surface area (Å²) >= 11 is 0. The minimum atomic E-state index is -1.57. The van der Waals surface area contributed by atoms with Crippen LogP contribution in [0.2, 0.25) is 0 Å². The normalized spacial score (nSPS) is 49.6. The van der Waals surface area contributed by atoms with Crippen LogP contribution in [0.3, 0.4) is 0 Å². The number of aliphatic hydroxyl groups is 1. The third-order valence-corrected chi connectivity index (χ3v) is 5.94. The van der Waals surface area contributed by atoms with Crippen LogP contribution in [0.15, 0.2) is 11.1 Å². The van der Waals surface area contributed by atoms with E-state index in [1.165, 1.54) is 0 Å². The smallest absolute Gasteiger partial charge is 0.336 e. The highest BCUT2D eigenvalue weighted by Gasteiger charge is 2.69. The summed E-state index contributed by atoms with van der Waals surface area (Å²) in [6.07, 6.45) is 2.59. The van der Waals surface area contributed by atoms with Gasteiger partial charge in [-0.15, -0.1) is 0 Å². The first-order valence-corrected chi connectivity index (χ1v) is 7.25. The van der Waals surface area contributed by atoms with Gasteiger partial charge < -0.3 is 14.6 Å². The van der Waals surface area contributed by atoms with Crippen LogP contribution in [0.25, 0.3) is 0 Å². The summed E-state index contributed by atoms with van der Waals surface area (Å²) in [6.45, 7) is 3.71. The molecule has 0 bridgehead atoms. The Balaban J connectivity index is 1.91. The van der Waals surface area contributed by atoms with Gasteiger partial charge in [-0.1, -0.05) is 13.3 Å². The summed E-state index contributed by atoms with van der Waals surface area (Å²) in [5.41, 5.74) is 0.571. The molecule has 3 fully saturated rings. The molecule has 5 nitrogen and oxygen atoms in total. The molecule has 4 aliphatic rings. The number of fused-ring (bicyclic) bond motifs is 2. The topological polar surface area (TPSA) is 72.8 Å². The molecule has 0 spiro atoms. The van der Waals surface area contributed by atoms with Gasteiger partial charge in [0.15, 0.2) is 0 Å². The maximum atomic E-state index is 12.2. The Labute approximate surface area is 116 Å². The molecule has 108 valence electrons. The SMILES string of the molecule is CC1=C2[C@@H]3OC(=O)[C@H]4CCC[C@H](C[C@]2(O)OC1=O)[C@@]43C. The third-order valence-electron chi connectivity index (χ3n) is 5.94. The lowest BCUT2D eigenvalue weighted by Gasteiger charge is -2.51. The molecular formula is C15H18O5. The second kappa shape index (κ2) is 3.45. The van der Waals surface area contributed by atoms with Gasteiger partial charge in [0.2, 0.25) is 5.79 Å². The number of rotatable bonds is 0. The lowest BCUT2D eigenvalue weighted by atomic mass is 9.53. The summed E-state index contributed by atoms with van der Waals surface area (Å²) in [5, 5.41) is 10.7. The van der Waals surface area contributed by atoms with Crippen molar-refractivity contribution in [3.8, 4) is 0 Å². The van der Waals surface area contributed by atoms with Crippen LogP contribution >= 0.6 is 0 Å². The zero-order valence-corrected chi connectivity index (χ0v) is 11.6. The Bertz CT molecular complexity index is 565. The fraction of sp³-hybridized carbons (Fsp3) is 0.733. The zero-order chi connectivity index (χ0) is 14.3. The first-order chi connectivity index (χ1) is 9.38. The lowest BCUT2D eigenvalue weighted by molar-refractivity contribution is -0.210. The van der Waals surface area contributed by atoms with Gasteiger partial charge in [0.1, 0.15) is 6.10 Å². The van der Waals surface area contributed by atoms with Gasteiger partial charge in [0, 0.05) is 17.4 Å². The van der Waals surface area contributed by atoms with E-state index in [2.05, 4.69) is 6.92 Å². The van der Waals surface area contributed by atoms with Crippen molar-refractivity contribution in [3.63, 3.8) is 0 Å². The molecule has 0 amide bonds. The van der Waals surface area contributed by atoms with E-state index in [-0.39, 0.29) is 23.2 Å². The predicted octanol–water partition coefficient (Wildman–Crippen LogP) is 1.30. The standard InChI is InChI=1S/C15H18O5/c1-7-10-11-14(2)8(6-15(10,18)20-12(7)16)4-3-5-9(14)13(17)19-11/h8-9,11,18H,3-6H2,1-2H3/t8-,9-,11+,14+,15+/m1/s1. The van der Waals surface area contributed by atoms with Gasteiger partial charge in [-0.25, -0.2) is 4.79 Å². The molecule has 2 aliphatic carbocycles. The molecule has 1 saturated heterocycles. The molecule has 0 aromatic heterocycles. The van der Waals surface area contributed by atoms with Crippen molar-refractivity contribution >= 4 is 11.9 Å². The summed E-state index contributed by atoms with van der Waals surface area (Å²) in [7, 11) is 0. The molecule has 0 aromatic carbocycles. The molecule has 0 unspecified atom stereocenters. The minimum Gasteiger partial charge on any atom is -0.457 e. The third kappa shape index (κ3) is 1.18. The number of esters is 2. The van der Waals surface area contributed by atoms with E-state index in [0.29, 0.717) is 17.6 Å². The summed E-state index contributed by atoms with van der Waals surface area (Å²) in [5.74, 6) is -2.23. The summed E-state index contributed by atoms with van der Waals surface area (Å²) in [6, 6.07) is 0. The second-order valence-corrected chi connectivity index (χ2v) is 6.78. The number of carbonyl (C=O) groups excluding carboxylic acids is 2. The van der Waals surface area contributed by atoms with Crippen LogP contribution in [0.1, 0.15) is 39.5 Å². The van der Waals surface area contributed by atoms with E-state index in [9.17, 15) is 14.7 Å². The number of ether oxygens (including phenoxy) is 2. The minimum absolute atomic E-state index is 0.119. The molecule has 2 heterocycles. The van der Waals surface area contributed by atoms with Crippen LogP contribution in [0, 0.1) is 17.3 Å². The number of carbonyl (C=O) groups is 2. The van der Waals surface area contributed by atoms with Crippen LogP contribution < -0.4 is 0 Å². The highest BCUT2D eigenvalue weighted by Crippen LogP contribution is 2.63. The van der Waals surface area contributed by atoms with E-state index in [1.807, 2.05) is 0 Å². The molecule has 0 aromatic rings. The fourth-order valence-corrected chi connectivity index (χ4v) is 4.84. The van der Waals surface area contributed by atoms with Gasteiger partial charge in [-0.3, -0.25) is 4.79 Å². The molecular weight excluding hydrogens is 260 g/mol. The first kappa shape index (κ1) is 12.4. The van der Waals surface area contributed by atoms with Crippen LogP contribution in [0.4, 0.5) is 0 Å². The van der Waals surface area contributed by atoms with Crippen LogP contribution in [0.5, 0.6) is 0 Å². The highest BCUT2D eigenvalue weighted by atomic mass is 16.7. The Morgan fingerprint density at radius 2 is 2.05 bits per heavy atom. The second-order valence-electron chi connectivity index (χ2n) is 6.78. The zero-order valence-electron chi connectivity index (χ0n) is 11.6. The molecule has 1 N–H and O–H groups in total. The lowest BCUT2D eigenvalue weighted by Crippen LogP contribution is -2.55. The quantitative estimate of drug-likeness (QED) is 0.676. The van der Waals surface area contributed by atoms with Gasteiger partial charge in [-0.2, -0.15) is 0 Å². The van der Waals surface area contributed by atoms with E-state index in [1.54, 1.807) is 6.92 Å². The van der Waals surface area contributed by atoms with Crippen LogP contribution in [-0.2, 0) is 19.1 Å². The number of hydrogen-bond acceptors (Lipinski definition) is 5. The molecule has 5 atom stereocenters. The summed E-state index contributed by atoms with van der Waals surface area (Å²) < 4.78 is 10.8. The maximum Gasteiger partial charge on any atom is 0.336 e. The Hall–Kier alpha value is -1.36. The molecule has 2 aliphatic heterocycles. The highest BCUT2D eigenvalue weighted by molar-refractivity contribution is 5.93. The van der Waals surface area contributed by atoms with E-state index < -0.39 is 17.9 Å². The van der Waals surface area contributed by atoms with Crippen molar-refractivity contribution in [3.05, 3.63) is 11.1 Å². The van der Waals surface area contributed by atoms with Gasteiger partial charge in [0.25, 0.3) is 0 Å². The van der Waals surface area contributed by atoms with E-state index >= 15 is 0 Å². The maximum absolute atomic E-state index is 12.2. The number of hydrogen-bond donors (Lipinski definition) is 1. The van der Waals surface area contributed by atoms with Gasteiger partial charge in [0.05, 0.1) is 11.5 Å². The average Bonchev–Trinajstić information content (AvgIpc) is 2.75. The Kier molecular flexibility index (Phi) is 2.14. The van der Waals surface area contributed by atoms with E-state index in [4.69, 9.17) is 9.47 Å². The van der Waals surface area contributed by atoms with Crippen molar-refractivity contribution in [2.75, 3.05) is 0 Å². The largest absolute Gasteiger partial charge is 0.457 e. The van der Waals surface area contributed by atoms with Crippen molar-refractivity contribution in [2.24, 2.45) is 17.3 Å². The molecule has 20 heavy (non-hydrogen) atoms. The van der Waals surface area contributed by atoms with Crippen molar-refractivity contribution in [1.29, 1.82) is 0 Å². The summed E-state index contributed by atoms with van der Waals surface area (Å²) in [4.78, 5) is 24.0. The predicted molar refractivity (Wildman–Crippen MR) is 67.2 cm³/mol. The average molecular weight is 278 g/mol. The van der Waals surface area contributed by atoms with Crippen molar-refractivity contribution in [2.45, 2.75) is 51.4 Å². The molecule has 2 saturated carbocycles. The Morgan fingerprint density at radius 1 is 1.30 bits per heavy atom. The fourth-order valence-electron chi connectivity index (χ4n) is 4.84. The molecule has 0 radical (unpaired) electrons. The monoisotopic (exact) mass is 278 g/mol. The van der Waals surface area contributed by atoms with Crippen molar-refractivity contribution in [1.82, 2.24) is 0 Å². The first-order valence-electron chi connectivity index (χ1n) is 7.25. The molecule has 5 heteroatoms. The van der Waals surface area contributed by atoms with Gasteiger partial charge in [-0.05, 0) is 25.7 Å². The van der Waals surface area contributed by atoms with E-state index in [0.717, 1.165) is 19.3 Å². The van der Waals surface area contributed by atoms with Gasteiger partial charge >= 0.3 is 11.9 Å². The molecule has 4 rings (SSSR count). The Morgan fingerprint density at radius 3 is 2.80 bits per heavy atom.